The highest BCUT2D eigenvalue weighted by atomic mass is 19.4. The predicted octanol–water partition coefficient (Wildman–Crippen LogP) is 3.20. The zero-order chi connectivity index (χ0) is 18.8. The molecular formula is C18H15F3N2O3. The number of alkyl halides is 3. The first-order valence-corrected chi connectivity index (χ1v) is 7.74. The van der Waals surface area contributed by atoms with Crippen molar-refractivity contribution in [2.45, 2.75) is 18.3 Å². The first kappa shape index (κ1) is 17.9. The van der Waals surface area contributed by atoms with E-state index in [-0.39, 0.29) is 5.01 Å². The highest BCUT2D eigenvalue weighted by Gasteiger charge is 2.61. The fraction of sp³-hybridized carbons (Fsp3) is 0.222. The molecule has 0 radical (unpaired) electrons. The van der Waals surface area contributed by atoms with Gasteiger partial charge in [-0.2, -0.15) is 23.3 Å². The lowest BCUT2D eigenvalue weighted by molar-refractivity contribution is -0.302. The number of rotatable bonds is 4. The van der Waals surface area contributed by atoms with Crippen LogP contribution >= 0.6 is 0 Å². The summed E-state index contributed by atoms with van der Waals surface area (Å²) in [6.45, 7) is -0.680. The molecule has 2 aromatic rings. The van der Waals surface area contributed by atoms with Gasteiger partial charge in [0.25, 0.3) is 11.6 Å². The molecule has 26 heavy (non-hydrogen) atoms. The first-order chi connectivity index (χ1) is 12.3. The van der Waals surface area contributed by atoms with E-state index >= 15 is 0 Å². The molecule has 1 aliphatic heterocycles. The van der Waals surface area contributed by atoms with Gasteiger partial charge >= 0.3 is 6.18 Å². The Labute approximate surface area is 147 Å². The quantitative estimate of drug-likeness (QED) is 0.906. The first-order valence-electron chi connectivity index (χ1n) is 7.74. The van der Waals surface area contributed by atoms with E-state index in [2.05, 4.69) is 5.10 Å². The zero-order valence-electron chi connectivity index (χ0n) is 13.5. The zero-order valence-corrected chi connectivity index (χ0v) is 13.5. The molecule has 0 aliphatic carbocycles. The molecule has 1 heterocycles. The third-order valence-electron chi connectivity index (χ3n) is 3.94. The van der Waals surface area contributed by atoms with Crippen LogP contribution < -0.4 is 4.74 Å². The minimum Gasteiger partial charge on any atom is -0.484 e. The molecule has 8 heteroatoms. The summed E-state index contributed by atoms with van der Waals surface area (Å²) in [5.41, 5.74) is -1.40. The summed E-state index contributed by atoms with van der Waals surface area (Å²) in [7, 11) is 0. The van der Waals surface area contributed by atoms with Gasteiger partial charge in [0.05, 0.1) is 0 Å². The minimum atomic E-state index is -5.02. The van der Waals surface area contributed by atoms with Gasteiger partial charge in [-0.15, -0.1) is 0 Å². The molecule has 0 unspecified atom stereocenters. The molecule has 0 spiro atoms. The summed E-state index contributed by atoms with van der Waals surface area (Å²) in [4.78, 5) is 12.0. The van der Waals surface area contributed by atoms with Crippen LogP contribution in [0.3, 0.4) is 0 Å². The van der Waals surface area contributed by atoms with Gasteiger partial charge in [-0.1, -0.05) is 42.5 Å². The van der Waals surface area contributed by atoms with Gasteiger partial charge in [-0.25, -0.2) is 0 Å². The van der Waals surface area contributed by atoms with Crippen molar-refractivity contribution in [2.24, 2.45) is 5.10 Å². The fourth-order valence-electron chi connectivity index (χ4n) is 2.52. The highest BCUT2D eigenvalue weighted by Crippen LogP contribution is 2.38. The number of hydrogen-bond donors (Lipinski definition) is 1. The van der Waals surface area contributed by atoms with Crippen molar-refractivity contribution in [1.82, 2.24) is 5.01 Å². The summed E-state index contributed by atoms with van der Waals surface area (Å²) in [6, 6.07) is 16.3. The lowest BCUT2D eigenvalue weighted by Crippen LogP contribution is -2.57. The third kappa shape index (κ3) is 3.41. The molecule has 0 saturated carbocycles. The Morgan fingerprint density at radius 2 is 1.73 bits per heavy atom. The van der Waals surface area contributed by atoms with Gasteiger partial charge < -0.3 is 9.84 Å². The Morgan fingerprint density at radius 1 is 1.12 bits per heavy atom. The normalized spacial score (nSPS) is 19.6. The van der Waals surface area contributed by atoms with Crippen molar-refractivity contribution in [3.8, 4) is 16.9 Å². The molecule has 0 fully saturated rings. The molecule has 136 valence electrons. The predicted molar refractivity (Wildman–Crippen MR) is 88.3 cm³/mol. The van der Waals surface area contributed by atoms with Crippen molar-refractivity contribution < 1.29 is 27.8 Å². The number of hydrogen-bond acceptors (Lipinski definition) is 4. The van der Waals surface area contributed by atoms with E-state index in [0.29, 0.717) is 5.75 Å². The number of carbonyl (C=O) groups excluding carboxylic acids is 1. The molecule has 1 N–H and O–H groups in total. The van der Waals surface area contributed by atoms with Gasteiger partial charge in [0.15, 0.2) is 6.61 Å². The third-order valence-corrected chi connectivity index (χ3v) is 3.94. The Morgan fingerprint density at radius 3 is 2.35 bits per heavy atom. The molecule has 2 aromatic carbocycles. The molecule has 3 rings (SSSR count). The molecule has 1 atom stereocenters. The monoisotopic (exact) mass is 364 g/mol. The number of ether oxygens (including phenoxy) is 1. The van der Waals surface area contributed by atoms with E-state index in [9.17, 15) is 23.1 Å². The van der Waals surface area contributed by atoms with Crippen molar-refractivity contribution in [3.63, 3.8) is 0 Å². The SMILES string of the molecule is O=C(COc1ccc(-c2ccccc2)cc1)N1N=CC[C@]1(O)C(F)(F)F. The van der Waals surface area contributed by atoms with E-state index in [1.165, 1.54) is 0 Å². The maximum Gasteiger partial charge on any atom is 0.438 e. The molecule has 0 bridgehead atoms. The maximum absolute atomic E-state index is 13.0. The van der Waals surface area contributed by atoms with Gasteiger partial charge in [-0.3, -0.25) is 4.79 Å². The fourth-order valence-corrected chi connectivity index (χ4v) is 2.52. The molecular weight excluding hydrogens is 349 g/mol. The maximum atomic E-state index is 13.0. The van der Waals surface area contributed by atoms with Crippen LogP contribution in [0.4, 0.5) is 13.2 Å². The van der Waals surface area contributed by atoms with E-state index in [0.717, 1.165) is 17.3 Å². The number of amides is 1. The Hall–Kier alpha value is -2.87. The number of nitrogens with zero attached hydrogens (tertiary/aromatic N) is 2. The van der Waals surface area contributed by atoms with Crippen molar-refractivity contribution >= 4 is 12.1 Å². The van der Waals surface area contributed by atoms with Gasteiger partial charge in [-0.05, 0) is 23.3 Å². The smallest absolute Gasteiger partial charge is 0.438 e. The lowest BCUT2D eigenvalue weighted by Gasteiger charge is -2.32. The van der Waals surface area contributed by atoms with Gasteiger partial charge in [0.2, 0.25) is 0 Å². The second-order valence-electron chi connectivity index (χ2n) is 5.70. The summed E-state index contributed by atoms with van der Waals surface area (Å²) in [5.74, 6) is -0.775. The van der Waals surface area contributed by atoms with Crippen LogP contribution in [0.15, 0.2) is 59.7 Å². The minimum absolute atomic E-state index is 0.0192. The van der Waals surface area contributed by atoms with Crippen LogP contribution in [-0.2, 0) is 4.79 Å². The lowest BCUT2D eigenvalue weighted by atomic mass is 10.1. The van der Waals surface area contributed by atoms with Gasteiger partial charge in [0.1, 0.15) is 5.75 Å². The molecule has 0 saturated heterocycles. The molecule has 1 amide bonds. The van der Waals surface area contributed by atoms with Crippen LogP contribution in [0.2, 0.25) is 0 Å². The summed E-state index contributed by atoms with van der Waals surface area (Å²) in [5, 5.41) is 13.1. The average molecular weight is 364 g/mol. The number of aliphatic hydroxyl groups is 1. The standard InChI is InChI=1S/C18H15F3N2O3/c19-18(20,21)17(25)10-11-22-23(17)16(24)12-26-15-8-6-14(7-9-15)13-4-2-1-3-5-13/h1-9,11,25H,10,12H2/t17-/m0/s1. The van der Waals surface area contributed by atoms with Crippen molar-refractivity contribution in [1.29, 1.82) is 0 Å². The van der Waals surface area contributed by atoms with Crippen LogP contribution in [0, 0.1) is 0 Å². The van der Waals surface area contributed by atoms with E-state index < -0.39 is 30.8 Å². The largest absolute Gasteiger partial charge is 0.484 e. The van der Waals surface area contributed by atoms with E-state index in [1.54, 1.807) is 24.3 Å². The topological polar surface area (TPSA) is 62.1 Å². The summed E-state index contributed by atoms with van der Waals surface area (Å²) >= 11 is 0. The second kappa shape index (κ2) is 6.80. The molecule has 5 nitrogen and oxygen atoms in total. The van der Waals surface area contributed by atoms with Crippen molar-refractivity contribution in [3.05, 3.63) is 54.6 Å². The van der Waals surface area contributed by atoms with Crippen LogP contribution in [0.1, 0.15) is 6.42 Å². The number of carbonyl (C=O) groups is 1. The van der Waals surface area contributed by atoms with E-state index in [4.69, 9.17) is 4.74 Å². The summed E-state index contributed by atoms with van der Waals surface area (Å²) < 4.78 is 44.1. The second-order valence-corrected chi connectivity index (χ2v) is 5.70. The highest BCUT2D eigenvalue weighted by molar-refractivity contribution is 5.81. The van der Waals surface area contributed by atoms with Crippen LogP contribution in [0.25, 0.3) is 11.1 Å². The van der Waals surface area contributed by atoms with Crippen LogP contribution in [0.5, 0.6) is 5.75 Å². The Bertz CT molecular complexity index is 807. The van der Waals surface area contributed by atoms with Crippen LogP contribution in [-0.4, -0.2) is 40.7 Å². The Balaban J connectivity index is 1.64. The number of halogens is 3. The molecule has 0 aromatic heterocycles. The molecule has 1 aliphatic rings. The average Bonchev–Trinajstić information content (AvgIpc) is 3.04. The Kier molecular flexibility index (Phi) is 4.69. The van der Waals surface area contributed by atoms with Crippen molar-refractivity contribution in [2.75, 3.05) is 6.61 Å². The summed E-state index contributed by atoms with van der Waals surface area (Å²) in [6.07, 6.45) is -4.98. The number of hydrazone groups is 1. The number of benzene rings is 2. The van der Waals surface area contributed by atoms with Gasteiger partial charge in [0, 0.05) is 12.6 Å². The van der Waals surface area contributed by atoms with E-state index in [1.807, 2.05) is 30.3 Å².